The van der Waals surface area contributed by atoms with Crippen molar-refractivity contribution < 1.29 is 26.3 Å². The molecule has 1 aliphatic heterocycles. The Balaban J connectivity index is 1.78. The van der Waals surface area contributed by atoms with Gasteiger partial charge in [0.05, 0.1) is 23.5 Å². The van der Waals surface area contributed by atoms with E-state index in [1.807, 2.05) is 13.8 Å². The summed E-state index contributed by atoms with van der Waals surface area (Å²) in [4.78, 5) is 3.98. The molecule has 0 aliphatic carbocycles. The quantitative estimate of drug-likeness (QED) is 0.724. The molecular weight excluding hydrogens is 409 g/mol. The van der Waals surface area contributed by atoms with Gasteiger partial charge in [-0.15, -0.1) is 0 Å². The molecule has 0 bridgehead atoms. The molecule has 29 heavy (non-hydrogen) atoms. The molecule has 0 N–H and O–H groups in total. The maximum atomic E-state index is 13.1. The van der Waals surface area contributed by atoms with Crippen LogP contribution in [0.25, 0.3) is 0 Å². The van der Waals surface area contributed by atoms with Gasteiger partial charge in [0, 0.05) is 24.8 Å². The zero-order valence-electron chi connectivity index (χ0n) is 16.6. The number of halogens is 3. The molecule has 0 amide bonds. The van der Waals surface area contributed by atoms with Crippen molar-refractivity contribution in [3.05, 3.63) is 35.3 Å². The van der Waals surface area contributed by atoms with Gasteiger partial charge in [-0.2, -0.15) is 22.6 Å². The molecule has 1 atom stereocenters. The van der Waals surface area contributed by atoms with Crippen LogP contribution in [-0.4, -0.2) is 46.7 Å². The van der Waals surface area contributed by atoms with Gasteiger partial charge >= 0.3 is 6.18 Å². The summed E-state index contributed by atoms with van der Waals surface area (Å²) < 4.78 is 73.3. The van der Waals surface area contributed by atoms with E-state index in [0.717, 1.165) is 18.3 Å². The van der Waals surface area contributed by atoms with E-state index in [9.17, 15) is 21.6 Å². The van der Waals surface area contributed by atoms with E-state index in [4.69, 9.17) is 4.74 Å². The number of alkyl halides is 3. The third-order valence-corrected chi connectivity index (χ3v) is 6.92. The van der Waals surface area contributed by atoms with E-state index >= 15 is 0 Å². The van der Waals surface area contributed by atoms with Crippen molar-refractivity contribution in [2.45, 2.75) is 57.3 Å². The van der Waals surface area contributed by atoms with Crippen LogP contribution >= 0.6 is 0 Å². The van der Waals surface area contributed by atoms with Gasteiger partial charge in [0.1, 0.15) is 11.0 Å². The highest BCUT2D eigenvalue weighted by atomic mass is 32.2. The highest BCUT2D eigenvalue weighted by Gasteiger charge is 2.37. The van der Waals surface area contributed by atoms with E-state index in [1.165, 1.54) is 4.31 Å². The molecule has 1 fully saturated rings. The van der Waals surface area contributed by atoms with Gasteiger partial charge in [-0.1, -0.05) is 0 Å². The summed E-state index contributed by atoms with van der Waals surface area (Å²) in [5.74, 6) is -0.177. The number of rotatable bonds is 5. The lowest BCUT2D eigenvalue weighted by Gasteiger charge is -2.18. The minimum atomic E-state index is -4.50. The summed E-state index contributed by atoms with van der Waals surface area (Å²) in [6.07, 6.45) is -3.71. The first-order valence-electron chi connectivity index (χ1n) is 9.17. The van der Waals surface area contributed by atoms with Crippen molar-refractivity contribution in [1.82, 2.24) is 19.1 Å². The third kappa shape index (κ3) is 4.25. The summed E-state index contributed by atoms with van der Waals surface area (Å²) in [5.41, 5.74) is 0.110. The minimum Gasteiger partial charge on any atom is -0.473 e. The lowest BCUT2D eigenvalue weighted by Crippen LogP contribution is -2.31. The van der Waals surface area contributed by atoms with Gasteiger partial charge in [-0.25, -0.2) is 13.4 Å². The fourth-order valence-corrected chi connectivity index (χ4v) is 5.33. The molecule has 7 nitrogen and oxygen atoms in total. The Labute approximate surface area is 167 Å². The lowest BCUT2D eigenvalue weighted by atomic mass is 10.2. The number of hydrogen-bond acceptors (Lipinski definition) is 5. The van der Waals surface area contributed by atoms with Crippen LogP contribution in [0.2, 0.25) is 0 Å². The second-order valence-electron chi connectivity index (χ2n) is 7.31. The Kier molecular flexibility index (Phi) is 5.65. The predicted molar refractivity (Wildman–Crippen MR) is 99.1 cm³/mol. The molecule has 11 heteroatoms. The Bertz CT molecular complexity index is 1000. The zero-order chi connectivity index (χ0) is 21.6. The fraction of sp³-hybridized carbons (Fsp3) is 0.556. The smallest absolute Gasteiger partial charge is 0.416 e. The number of ether oxygens (including phenoxy) is 1. The number of hydrogen-bond donors (Lipinski definition) is 0. The van der Waals surface area contributed by atoms with E-state index in [1.54, 1.807) is 18.5 Å². The summed E-state index contributed by atoms with van der Waals surface area (Å²) in [6, 6.07) is 1.69. The predicted octanol–water partition coefficient (Wildman–Crippen LogP) is 3.34. The number of pyridine rings is 1. The van der Waals surface area contributed by atoms with Gasteiger partial charge < -0.3 is 4.74 Å². The maximum Gasteiger partial charge on any atom is 0.416 e. The molecule has 1 saturated heterocycles. The van der Waals surface area contributed by atoms with Crippen LogP contribution in [0, 0.1) is 13.8 Å². The zero-order valence-corrected chi connectivity index (χ0v) is 17.4. The van der Waals surface area contributed by atoms with Crippen molar-refractivity contribution in [3.8, 4) is 5.88 Å². The van der Waals surface area contributed by atoms with Crippen LogP contribution in [0.1, 0.15) is 43.3 Å². The van der Waals surface area contributed by atoms with Crippen molar-refractivity contribution in [2.75, 3.05) is 13.1 Å². The monoisotopic (exact) mass is 432 g/mol. The molecule has 1 aliphatic rings. The Morgan fingerprint density at radius 2 is 1.97 bits per heavy atom. The number of sulfonamides is 1. The van der Waals surface area contributed by atoms with Gasteiger partial charge in [0.15, 0.2) is 0 Å². The Hall–Kier alpha value is -2.14. The molecule has 0 aromatic carbocycles. The second-order valence-corrected chi connectivity index (χ2v) is 9.19. The van der Waals surface area contributed by atoms with Crippen molar-refractivity contribution in [2.24, 2.45) is 0 Å². The topological polar surface area (TPSA) is 77.3 Å². The molecule has 0 saturated carbocycles. The molecular formula is C18H23F3N4O3S. The minimum absolute atomic E-state index is 0.0132. The molecule has 3 rings (SSSR count). The van der Waals surface area contributed by atoms with Crippen LogP contribution in [0.3, 0.4) is 0 Å². The SMILES string of the molecule is Cc1nn(C(C)C)c(C)c1S(=O)(=O)N1CCC(Oc2cc(C(F)(F)F)ccn2)C1. The van der Waals surface area contributed by atoms with Gasteiger partial charge in [-0.05, 0) is 40.2 Å². The lowest BCUT2D eigenvalue weighted by molar-refractivity contribution is -0.137. The van der Waals surface area contributed by atoms with Crippen LogP contribution in [-0.2, 0) is 16.2 Å². The maximum absolute atomic E-state index is 13.1. The molecule has 160 valence electrons. The first kappa shape index (κ1) is 21.6. The molecule has 2 aromatic heterocycles. The first-order chi connectivity index (χ1) is 13.4. The average molecular weight is 432 g/mol. The van der Waals surface area contributed by atoms with Gasteiger partial charge in [-0.3, -0.25) is 4.68 Å². The van der Waals surface area contributed by atoms with Crippen LogP contribution in [0.15, 0.2) is 23.2 Å². The van der Waals surface area contributed by atoms with E-state index in [0.29, 0.717) is 17.8 Å². The van der Waals surface area contributed by atoms with E-state index < -0.39 is 27.9 Å². The number of aryl methyl sites for hydroxylation is 1. The van der Waals surface area contributed by atoms with Gasteiger partial charge in [0.25, 0.3) is 0 Å². The van der Waals surface area contributed by atoms with Crippen molar-refractivity contribution in [3.63, 3.8) is 0 Å². The van der Waals surface area contributed by atoms with Crippen LogP contribution in [0.4, 0.5) is 13.2 Å². The van der Waals surface area contributed by atoms with Crippen molar-refractivity contribution in [1.29, 1.82) is 0 Å². The third-order valence-electron chi connectivity index (χ3n) is 4.80. The Morgan fingerprint density at radius 1 is 1.28 bits per heavy atom. The largest absolute Gasteiger partial charge is 0.473 e. The average Bonchev–Trinajstić information content (AvgIpc) is 3.19. The highest BCUT2D eigenvalue weighted by Crippen LogP contribution is 2.32. The Morgan fingerprint density at radius 3 is 2.55 bits per heavy atom. The van der Waals surface area contributed by atoms with E-state index in [-0.39, 0.29) is 29.9 Å². The molecule has 2 aromatic rings. The van der Waals surface area contributed by atoms with Gasteiger partial charge in [0.2, 0.25) is 15.9 Å². The standard InChI is InChI=1S/C18H23F3N4O3S/c1-11(2)25-13(4)17(12(3)23-25)29(26,27)24-8-6-15(10-24)28-16-9-14(5-7-22-16)18(19,20)21/h5,7,9,11,15H,6,8,10H2,1-4H3. The number of nitrogens with zero attached hydrogens (tertiary/aromatic N) is 4. The summed E-state index contributed by atoms with van der Waals surface area (Å²) in [7, 11) is -3.80. The normalized spacial score (nSPS) is 18.6. The number of aromatic nitrogens is 3. The molecule has 3 heterocycles. The van der Waals surface area contributed by atoms with E-state index in [2.05, 4.69) is 10.1 Å². The molecule has 0 radical (unpaired) electrons. The molecule has 1 unspecified atom stereocenters. The fourth-order valence-electron chi connectivity index (χ4n) is 3.49. The first-order valence-corrected chi connectivity index (χ1v) is 10.6. The van der Waals surface area contributed by atoms with Crippen LogP contribution < -0.4 is 4.74 Å². The molecule has 0 spiro atoms. The second kappa shape index (κ2) is 7.60. The van der Waals surface area contributed by atoms with Crippen molar-refractivity contribution >= 4 is 10.0 Å². The van der Waals surface area contributed by atoms with Crippen LogP contribution in [0.5, 0.6) is 5.88 Å². The summed E-state index contributed by atoms with van der Waals surface area (Å²) in [5, 5.41) is 4.33. The summed E-state index contributed by atoms with van der Waals surface area (Å²) in [6.45, 7) is 7.43. The summed E-state index contributed by atoms with van der Waals surface area (Å²) >= 11 is 0. The highest BCUT2D eigenvalue weighted by molar-refractivity contribution is 7.89.